The quantitative estimate of drug-likeness (QED) is 0.789. The van der Waals surface area contributed by atoms with Crippen molar-refractivity contribution in [2.45, 2.75) is 30.7 Å². The van der Waals surface area contributed by atoms with Crippen molar-refractivity contribution < 1.29 is 8.42 Å². The average molecular weight is 298 g/mol. The predicted octanol–water partition coefficient (Wildman–Crippen LogP) is 0.304. The molecule has 0 unspecified atom stereocenters. The standard InChI is InChI=1S/C13H22N4O2S/c14-10-12-4-5-13(11-15-12)20(18,19)16-6-9-17-7-2-1-3-8-17/h4-5,11,16H,1-3,6-10,14H2. The van der Waals surface area contributed by atoms with Crippen LogP contribution in [0.3, 0.4) is 0 Å². The molecule has 1 aliphatic rings. The number of aromatic nitrogens is 1. The van der Waals surface area contributed by atoms with Gasteiger partial charge in [-0.05, 0) is 38.1 Å². The molecule has 7 heteroatoms. The molecule has 0 radical (unpaired) electrons. The van der Waals surface area contributed by atoms with Gasteiger partial charge < -0.3 is 10.6 Å². The van der Waals surface area contributed by atoms with E-state index >= 15 is 0 Å². The fourth-order valence-corrected chi connectivity index (χ4v) is 3.26. The van der Waals surface area contributed by atoms with Gasteiger partial charge in [-0.25, -0.2) is 13.1 Å². The first-order valence-electron chi connectivity index (χ1n) is 6.99. The molecular weight excluding hydrogens is 276 g/mol. The molecule has 20 heavy (non-hydrogen) atoms. The van der Waals surface area contributed by atoms with E-state index in [1.165, 1.54) is 25.5 Å². The fraction of sp³-hybridized carbons (Fsp3) is 0.615. The highest BCUT2D eigenvalue weighted by atomic mass is 32.2. The molecule has 0 aromatic carbocycles. The van der Waals surface area contributed by atoms with E-state index in [9.17, 15) is 8.42 Å². The van der Waals surface area contributed by atoms with Gasteiger partial charge in [0.1, 0.15) is 4.90 Å². The van der Waals surface area contributed by atoms with Gasteiger partial charge in [0.2, 0.25) is 10.0 Å². The van der Waals surface area contributed by atoms with Gasteiger partial charge in [-0.3, -0.25) is 4.98 Å². The van der Waals surface area contributed by atoms with Crippen molar-refractivity contribution >= 4 is 10.0 Å². The lowest BCUT2D eigenvalue weighted by Crippen LogP contribution is -2.37. The molecule has 3 N–H and O–H groups in total. The van der Waals surface area contributed by atoms with Gasteiger partial charge in [0.05, 0.1) is 5.69 Å². The van der Waals surface area contributed by atoms with E-state index in [-0.39, 0.29) is 4.90 Å². The third-order valence-corrected chi connectivity index (χ3v) is 4.93. The maximum atomic E-state index is 12.1. The Hall–Kier alpha value is -1.02. The summed E-state index contributed by atoms with van der Waals surface area (Å²) in [4.78, 5) is 6.49. The molecule has 0 spiro atoms. The Morgan fingerprint density at radius 2 is 2.00 bits per heavy atom. The van der Waals surface area contributed by atoms with Crippen LogP contribution in [0.4, 0.5) is 0 Å². The lowest BCUT2D eigenvalue weighted by atomic mass is 10.1. The van der Waals surface area contributed by atoms with Gasteiger partial charge in [0, 0.05) is 25.8 Å². The van der Waals surface area contributed by atoms with Crippen molar-refractivity contribution in [3.05, 3.63) is 24.0 Å². The van der Waals surface area contributed by atoms with E-state index in [4.69, 9.17) is 5.73 Å². The van der Waals surface area contributed by atoms with E-state index in [1.807, 2.05) is 0 Å². The minimum atomic E-state index is -3.47. The first kappa shape index (κ1) is 15.4. The molecule has 1 aromatic rings. The van der Waals surface area contributed by atoms with Crippen LogP contribution in [0.25, 0.3) is 0 Å². The van der Waals surface area contributed by atoms with E-state index in [0.29, 0.717) is 18.8 Å². The summed E-state index contributed by atoms with van der Waals surface area (Å²) in [5.41, 5.74) is 6.12. The molecule has 2 rings (SSSR count). The maximum Gasteiger partial charge on any atom is 0.242 e. The highest BCUT2D eigenvalue weighted by molar-refractivity contribution is 7.89. The van der Waals surface area contributed by atoms with Crippen LogP contribution in [-0.2, 0) is 16.6 Å². The van der Waals surface area contributed by atoms with Crippen LogP contribution in [0.15, 0.2) is 23.2 Å². The third kappa shape index (κ3) is 4.24. The molecule has 1 aromatic heterocycles. The topological polar surface area (TPSA) is 88.3 Å². The summed E-state index contributed by atoms with van der Waals surface area (Å²) in [6.45, 7) is 3.63. The van der Waals surface area contributed by atoms with Crippen molar-refractivity contribution in [3.8, 4) is 0 Å². The molecule has 0 bridgehead atoms. The Bertz CT molecular complexity index is 510. The molecule has 2 heterocycles. The van der Waals surface area contributed by atoms with Crippen molar-refractivity contribution in [1.82, 2.24) is 14.6 Å². The summed E-state index contributed by atoms with van der Waals surface area (Å²) in [6, 6.07) is 3.18. The number of nitrogens with zero attached hydrogens (tertiary/aromatic N) is 2. The molecule has 1 saturated heterocycles. The van der Waals surface area contributed by atoms with Crippen LogP contribution >= 0.6 is 0 Å². The number of rotatable bonds is 6. The summed E-state index contributed by atoms with van der Waals surface area (Å²) in [6.07, 6.45) is 5.04. The molecule has 0 amide bonds. The first-order chi connectivity index (χ1) is 9.62. The van der Waals surface area contributed by atoms with Crippen LogP contribution in [-0.4, -0.2) is 44.5 Å². The van der Waals surface area contributed by atoms with Crippen LogP contribution in [0.1, 0.15) is 25.0 Å². The maximum absolute atomic E-state index is 12.1. The number of pyridine rings is 1. The molecule has 0 saturated carbocycles. The van der Waals surface area contributed by atoms with Crippen LogP contribution in [0, 0.1) is 0 Å². The van der Waals surface area contributed by atoms with Gasteiger partial charge in [0.15, 0.2) is 0 Å². The predicted molar refractivity (Wildman–Crippen MR) is 77.6 cm³/mol. The molecule has 112 valence electrons. The molecule has 0 atom stereocenters. The van der Waals surface area contributed by atoms with E-state index < -0.39 is 10.0 Å². The molecule has 1 fully saturated rings. The van der Waals surface area contributed by atoms with E-state index in [2.05, 4.69) is 14.6 Å². The first-order valence-corrected chi connectivity index (χ1v) is 8.47. The molecule has 1 aliphatic heterocycles. The van der Waals surface area contributed by atoms with Gasteiger partial charge in [0.25, 0.3) is 0 Å². The third-order valence-electron chi connectivity index (χ3n) is 3.49. The van der Waals surface area contributed by atoms with Crippen LogP contribution < -0.4 is 10.5 Å². The lowest BCUT2D eigenvalue weighted by Gasteiger charge is -2.26. The largest absolute Gasteiger partial charge is 0.325 e. The average Bonchev–Trinajstić information content (AvgIpc) is 2.48. The smallest absolute Gasteiger partial charge is 0.242 e. The second kappa shape index (κ2) is 7.12. The second-order valence-electron chi connectivity index (χ2n) is 4.99. The number of piperidine rings is 1. The van der Waals surface area contributed by atoms with E-state index in [0.717, 1.165) is 19.6 Å². The Morgan fingerprint density at radius 1 is 1.25 bits per heavy atom. The normalized spacial score (nSPS) is 17.2. The SMILES string of the molecule is NCc1ccc(S(=O)(=O)NCCN2CCCCC2)cn1. The number of likely N-dealkylation sites (tertiary alicyclic amines) is 1. The van der Waals surface area contributed by atoms with Crippen molar-refractivity contribution in [2.24, 2.45) is 5.73 Å². The van der Waals surface area contributed by atoms with Crippen molar-refractivity contribution in [2.75, 3.05) is 26.2 Å². The van der Waals surface area contributed by atoms with Crippen LogP contribution in [0.5, 0.6) is 0 Å². The van der Waals surface area contributed by atoms with Gasteiger partial charge in [-0.1, -0.05) is 6.42 Å². The summed E-state index contributed by atoms with van der Waals surface area (Å²) in [5.74, 6) is 0. The lowest BCUT2D eigenvalue weighted by molar-refractivity contribution is 0.233. The fourth-order valence-electron chi connectivity index (χ4n) is 2.30. The zero-order valence-electron chi connectivity index (χ0n) is 11.6. The Kier molecular flexibility index (Phi) is 5.47. The van der Waals surface area contributed by atoms with Crippen LogP contribution in [0.2, 0.25) is 0 Å². The summed E-state index contributed by atoms with van der Waals surface area (Å²) in [7, 11) is -3.47. The Balaban J connectivity index is 1.86. The van der Waals surface area contributed by atoms with Crippen molar-refractivity contribution in [3.63, 3.8) is 0 Å². The van der Waals surface area contributed by atoms with Gasteiger partial charge >= 0.3 is 0 Å². The highest BCUT2D eigenvalue weighted by Crippen LogP contribution is 2.09. The van der Waals surface area contributed by atoms with E-state index in [1.54, 1.807) is 12.1 Å². The monoisotopic (exact) mass is 298 g/mol. The number of sulfonamides is 1. The molecule has 6 nitrogen and oxygen atoms in total. The zero-order chi connectivity index (χ0) is 14.4. The van der Waals surface area contributed by atoms with Gasteiger partial charge in [-0.2, -0.15) is 0 Å². The highest BCUT2D eigenvalue weighted by Gasteiger charge is 2.15. The molecule has 0 aliphatic carbocycles. The minimum absolute atomic E-state index is 0.188. The second-order valence-corrected chi connectivity index (χ2v) is 6.76. The molecular formula is C13H22N4O2S. The number of nitrogens with two attached hydrogens (primary N) is 1. The Morgan fingerprint density at radius 3 is 2.60 bits per heavy atom. The summed E-state index contributed by atoms with van der Waals surface area (Å²) in [5, 5.41) is 0. The number of hydrogen-bond acceptors (Lipinski definition) is 5. The number of hydrogen-bond donors (Lipinski definition) is 2. The summed E-state index contributed by atoms with van der Waals surface area (Å²) >= 11 is 0. The number of nitrogens with one attached hydrogen (secondary N) is 1. The minimum Gasteiger partial charge on any atom is -0.325 e. The zero-order valence-corrected chi connectivity index (χ0v) is 12.4. The Labute approximate surface area is 120 Å². The van der Waals surface area contributed by atoms with Crippen molar-refractivity contribution in [1.29, 1.82) is 0 Å². The summed E-state index contributed by atoms with van der Waals surface area (Å²) < 4.78 is 26.8. The van der Waals surface area contributed by atoms with Gasteiger partial charge in [-0.15, -0.1) is 0 Å².